The van der Waals surface area contributed by atoms with Crippen LogP contribution in [0.2, 0.25) is 0 Å². The normalized spacial score (nSPS) is 15.3. The van der Waals surface area contributed by atoms with Gasteiger partial charge in [0.1, 0.15) is 0 Å². The van der Waals surface area contributed by atoms with E-state index >= 15 is 0 Å². The average Bonchev–Trinajstić information content (AvgIpc) is 2.19. The highest BCUT2D eigenvalue weighted by molar-refractivity contribution is 5.19. The van der Waals surface area contributed by atoms with Crippen molar-refractivity contribution in [3.8, 4) is 0 Å². The van der Waals surface area contributed by atoms with Gasteiger partial charge in [-0.2, -0.15) is 0 Å². The quantitative estimate of drug-likeness (QED) is 0.805. The van der Waals surface area contributed by atoms with Gasteiger partial charge in [-0.05, 0) is 17.9 Å². The summed E-state index contributed by atoms with van der Waals surface area (Å²) in [5.41, 5.74) is 7.30. The second-order valence-corrected chi connectivity index (χ2v) is 4.36. The molecule has 0 saturated carbocycles. The van der Waals surface area contributed by atoms with Crippen molar-refractivity contribution in [2.45, 2.75) is 32.4 Å². The van der Waals surface area contributed by atoms with E-state index in [4.69, 9.17) is 10.5 Å². The Balaban J connectivity index is 2.71. The van der Waals surface area contributed by atoms with E-state index in [0.29, 0.717) is 5.92 Å². The zero-order chi connectivity index (χ0) is 11.3. The first kappa shape index (κ1) is 12.2. The van der Waals surface area contributed by atoms with Gasteiger partial charge in [-0.25, -0.2) is 0 Å². The van der Waals surface area contributed by atoms with E-state index in [1.807, 2.05) is 18.2 Å². The van der Waals surface area contributed by atoms with Gasteiger partial charge in [0.2, 0.25) is 0 Å². The van der Waals surface area contributed by atoms with E-state index < -0.39 is 0 Å². The zero-order valence-electron chi connectivity index (χ0n) is 9.81. The number of methoxy groups -OCH3 is 1. The Morgan fingerprint density at radius 1 is 1.20 bits per heavy atom. The van der Waals surface area contributed by atoms with Gasteiger partial charge in [0, 0.05) is 13.2 Å². The molecule has 0 aliphatic rings. The van der Waals surface area contributed by atoms with Crippen LogP contribution in [0.5, 0.6) is 0 Å². The summed E-state index contributed by atoms with van der Waals surface area (Å²) in [4.78, 5) is 0. The van der Waals surface area contributed by atoms with Crippen molar-refractivity contribution >= 4 is 0 Å². The molecule has 0 bridgehead atoms. The minimum atomic E-state index is 0.00796. The van der Waals surface area contributed by atoms with Crippen molar-refractivity contribution < 1.29 is 4.74 Å². The van der Waals surface area contributed by atoms with Crippen LogP contribution < -0.4 is 5.73 Å². The molecule has 0 saturated heterocycles. The molecule has 0 radical (unpaired) electrons. The van der Waals surface area contributed by atoms with Crippen molar-refractivity contribution in [2.75, 3.05) is 7.11 Å². The average molecular weight is 207 g/mol. The number of ether oxygens (including phenoxy) is 1. The molecule has 2 N–H and O–H groups in total. The first-order chi connectivity index (χ1) is 7.15. The van der Waals surface area contributed by atoms with Crippen molar-refractivity contribution in [3.63, 3.8) is 0 Å². The van der Waals surface area contributed by atoms with Gasteiger partial charge < -0.3 is 10.5 Å². The summed E-state index contributed by atoms with van der Waals surface area (Å²) in [6.45, 7) is 4.36. The molecule has 0 amide bonds. The van der Waals surface area contributed by atoms with Gasteiger partial charge in [-0.1, -0.05) is 44.2 Å². The van der Waals surface area contributed by atoms with Crippen LogP contribution in [0.15, 0.2) is 30.3 Å². The smallest absolute Gasteiger partial charge is 0.0971 e. The molecule has 0 aromatic heterocycles. The molecule has 2 heteroatoms. The molecular weight excluding hydrogens is 186 g/mol. The maximum Gasteiger partial charge on any atom is 0.0971 e. The largest absolute Gasteiger partial charge is 0.375 e. The van der Waals surface area contributed by atoms with E-state index in [1.54, 1.807) is 7.11 Å². The Kier molecular flexibility index (Phi) is 4.79. The fourth-order valence-corrected chi connectivity index (χ4v) is 1.87. The molecule has 0 aliphatic carbocycles. The number of rotatable bonds is 5. The molecule has 2 nitrogen and oxygen atoms in total. The SMILES string of the molecule is COC(c1ccccc1)C(N)CC(C)C. The Bertz CT molecular complexity index is 271. The molecule has 15 heavy (non-hydrogen) atoms. The molecule has 1 aromatic rings. The van der Waals surface area contributed by atoms with Crippen LogP contribution in [0.4, 0.5) is 0 Å². The summed E-state index contributed by atoms with van der Waals surface area (Å²) < 4.78 is 5.47. The standard InChI is InChI=1S/C13H21NO/c1-10(2)9-12(14)13(15-3)11-7-5-4-6-8-11/h4-8,10,12-13H,9,14H2,1-3H3. The van der Waals surface area contributed by atoms with Crippen molar-refractivity contribution in [2.24, 2.45) is 11.7 Å². The third-order valence-corrected chi connectivity index (χ3v) is 2.51. The van der Waals surface area contributed by atoms with Gasteiger partial charge in [-0.3, -0.25) is 0 Å². The summed E-state index contributed by atoms with van der Waals surface area (Å²) in [7, 11) is 1.72. The molecule has 84 valence electrons. The van der Waals surface area contributed by atoms with Crippen LogP contribution in [0.3, 0.4) is 0 Å². The minimum Gasteiger partial charge on any atom is -0.375 e. The Morgan fingerprint density at radius 2 is 1.80 bits per heavy atom. The monoisotopic (exact) mass is 207 g/mol. The summed E-state index contributed by atoms with van der Waals surface area (Å²) in [5.74, 6) is 0.598. The molecule has 0 heterocycles. The molecule has 0 aliphatic heterocycles. The zero-order valence-corrected chi connectivity index (χ0v) is 9.81. The van der Waals surface area contributed by atoms with Crippen LogP contribution >= 0.6 is 0 Å². The maximum atomic E-state index is 6.14. The Morgan fingerprint density at radius 3 is 2.27 bits per heavy atom. The highest BCUT2D eigenvalue weighted by atomic mass is 16.5. The van der Waals surface area contributed by atoms with Crippen LogP contribution in [0, 0.1) is 5.92 Å². The molecule has 0 fully saturated rings. The third kappa shape index (κ3) is 3.65. The maximum absolute atomic E-state index is 6.14. The number of nitrogens with two attached hydrogens (primary N) is 1. The fraction of sp³-hybridized carbons (Fsp3) is 0.538. The number of hydrogen-bond acceptors (Lipinski definition) is 2. The second kappa shape index (κ2) is 5.89. The first-order valence-electron chi connectivity index (χ1n) is 5.48. The predicted octanol–water partition coefficient (Wildman–Crippen LogP) is 2.75. The van der Waals surface area contributed by atoms with Gasteiger partial charge in [0.05, 0.1) is 6.10 Å². The second-order valence-electron chi connectivity index (χ2n) is 4.36. The van der Waals surface area contributed by atoms with Crippen LogP contribution in [-0.4, -0.2) is 13.2 Å². The lowest BCUT2D eigenvalue weighted by Crippen LogP contribution is -2.31. The lowest BCUT2D eigenvalue weighted by molar-refractivity contribution is 0.0738. The van der Waals surface area contributed by atoms with Crippen LogP contribution in [-0.2, 0) is 4.74 Å². The lowest BCUT2D eigenvalue weighted by atomic mass is 9.95. The molecule has 1 rings (SSSR count). The van der Waals surface area contributed by atoms with Gasteiger partial charge in [0.25, 0.3) is 0 Å². The summed E-state index contributed by atoms with van der Waals surface area (Å²) in [6, 6.07) is 10.2. The molecule has 1 aromatic carbocycles. The van der Waals surface area contributed by atoms with E-state index in [0.717, 1.165) is 12.0 Å². The van der Waals surface area contributed by atoms with E-state index in [2.05, 4.69) is 26.0 Å². The van der Waals surface area contributed by atoms with Gasteiger partial charge >= 0.3 is 0 Å². The predicted molar refractivity (Wildman–Crippen MR) is 63.6 cm³/mol. The third-order valence-electron chi connectivity index (χ3n) is 2.51. The topological polar surface area (TPSA) is 35.2 Å². The highest BCUT2D eigenvalue weighted by Gasteiger charge is 2.19. The highest BCUT2D eigenvalue weighted by Crippen LogP contribution is 2.22. The Labute approximate surface area is 92.4 Å². The fourth-order valence-electron chi connectivity index (χ4n) is 1.87. The van der Waals surface area contributed by atoms with Crippen molar-refractivity contribution in [3.05, 3.63) is 35.9 Å². The summed E-state index contributed by atoms with van der Waals surface area (Å²) in [5, 5.41) is 0. The molecule has 0 spiro atoms. The Hall–Kier alpha value is -0.860. The first-order valence-corrected chi connectivity index (χ1v) is 5.48. The molecular formula is C13H21NO. The summed E-state index contributed by atoms with van der Waals surface area (Å²) in [6.07, 6.45) is 0.988. The minimum absolute atomic E-state index is 0.00796. The van der Waals surface area contributed by atoms with Crippen molar-refractivity contribution in [1.82, 2.24) is 0 Å². The number of benzene rings is 1. The molecule has 2 atom stereocenters. The van der Waals surface area contributed by atoms with Crippen LogP contribution in [0.25, 0.3) is 0 Å². The van der Waals surface area contributed by atoms with E-state index in [-0.39, 0.29) is 12.1 Å². The summed E-state index contributed by atoms with van der Waals surface area (Å²) >= 11 is 0. The van der Waals surface area contributed by atoms with Crippen molar-refractivity contribution in [1.29, 1.82) is 0 Å². The number of hydrogen-bond donors (Lipinski definition) is 1. The van der Waals surface area contributed by atoms with Gasteiger partial charge in [0.15, 0.2) is 0 Å². The molecule has 2 unspecified atom stereocenters. The van der Waals surface area contributed by atoms with E-state index in [1.165, 1.54) is 0 Å². The lowest BCUT2D eigenvalue weighted by Gasteiger charge is -2.24. The van der Waals surface area contributed by atoms with Crippen LogP contribution in [0.1, 0.15) is 31.9 Å². The van der Waals surface area contributed by atoms with E-state index in [9.17, 15) is 0 Å². The van der Waals surface area contributed by atoms with Gasteiger partial charge in [-0.15, -0.1) is 0 Å².